The molecule has 1 amide bonds. The zero-order valence-electron chi connectivity index (χ0n) is 16.2. The lowest BCUT2D eigenvalue weighted by Gasteiger charge is -2.03. The van der Waals surface area contributed by atoms with Gasteiger partial charge in [-0.05, 0) is 55.2 Å². The fraction of sp³-hybridized carbons (Fsp3) is 0.364. The summed E-state index contributed by atoms with van der Waals surface area (Å²) in [6, 6.07) is 14.2. The van der Waals surface area contributed by atoms with Crippen molar-refractivity contribution in [2.24, 2.45) is 12.0 Å². The van der Waals surface area contributed by atoms with Gasteiger partial charge >= 0.3 is 0 Å². The van der Waals surface area contributed by atoms with Gasteiger partial charge in [-0.15, -0.1) is 0 Å². The maximum absolute atomic E-state index is 12.4. The van der Waals surface area contributed by atoms with Crippen LogP contribution in [-0.2, 0) is 24.7 Å². The van der Waals surface area contributed by atoms with Crippen LogP contribution in [0, 0.1) is 0 Å². The Morgan fingerprint density at radius 1 is 1.11 bits per heavy atom. The average Bonchev–Trinajstić information content (AvgIpc) is 2.97. The van der Waals surface area contributed by atoms with E-state index in [1.165, 1.54) is 23.1 Å². The number of carbonyl (C=O) groups is 1. The first kappa shape index (κ1) is 19.4. The van der Waals surface area contributed by atoms with E-state index in [4.69, 9.17) is 4.74 Å². The third kappa shape index (κ3) is 4.86. The van der Waals surface area contributed by atoms with Crippen LogP contribution in [0.1, 0.15) is 37.8 Å². The molecule has 0 unspecified atom stereocenters. The normalized spacial score (nSPS) is 11.9. The van der Waals surface area contributed by atoms with Gasteiger partial charge in [0.15, 0.2) is 4.80 Å². The number of aryl methyl sites for hydroxylation is 2. The lowest BCUT2D eigenvalue weighted by Crippen LogP contribution is -2.14. The fourth-order valence-electron chi connectivity index (χ4n) is 3.01. The number of hydrogen-bond acceptors (Lipinski definition) is 3. The minimum absolute atomic E-state index is 0.132. The van der Waals surface area contributed by atoms with Crippen LogP contribution in [0.15, 0.2) is 47.5 Å². The van der Waals surface area contributed by atoms with Crippen LogP contribution < -0.4 is 9.54 Å². The second-order valence-corrected chi connectivity index (χ2v) is 7.62. The Hall–Kier alpha value is -2.40. The summed E-state index contributed by atoms with van der Waals surface area (Å²) in [4.78, 5) is 17.5. The second-order valence-electron chi connectivity index (χ2n) is 6.61. The predicted octanol–water partition coefficient (Wildman–Crippen LogP) is 4.65. The zero-order chi connectivity index (χ0) is 19.2. The number of aromatic nitrogens is 1. The quantitative estimate of drug-likeness (QED) is 0.597. The van der Waals surface area contributed by atoms with Crippen molar-refractivity contribution in [3.8, 4) is 5.75 Å². The molecule has 4 nitrogen and oxygen atoms in total. The molecule has 2 aromatic carbocycles. The van der Waals surface area contributed by atoms with Crippen LogP contribution in [0.2, 0.25) is 0 Å². The predicted molar refractivity (Wildman–Crippen MR) is 111 cm³/mol. The van der Waals surface area contributed by atoms with Crippen molar-refractivity contribution in [2.75, 3.05) is 6.61 Å². The topological polar surface area (TPSA) is 43.6 Å². The standard InChI is InChI=1S/C22H26N2O2S/c1-4-6-7-16-10-13-19-20(14-16)27-22(24(19)3)23-21(25)15-17-8-11-18(12-9-17)26-5-2/h8-14H,4-7,15H2,1-3H3. The molecule has 0 aliphatic carbocycles. The van der Waals surface area contributed by atoms with Crippen LogP contribution in [0.5, 0.6) is 5.75 Å². The molecular weight excluding hydrogens is 356 g/mol. The molecule has 0 aliphatic heterocycles. The molecule has 0 saturated carbocycles. The number of fused-ring (bicyclic) bond motifs is 1. The lowest BCUT2D eigenvalue weighted by atomic mass is 10.1. The van der Waals surface area contributed by atoms with Crippen LogP contribution in [0.3, 0.4) is 0 Å². The number of benzene rings is 2. The molecule has 5 heteroatoms. The van der Waals surface area contributed by atoms with Crippen LogP contribution in [0.25, 0.3) is 10.2 Å². The van der Waals surface area contributed by atoms with Crippen LogP contribution in [-0.4, -0.2) is 17.1 Å². The Morgan fingerprint density at radius 3 is 2.56 bits per heavy atom. The van der Waals surface area contributed by atoms with E-state index in [9.17, 15) is 4.79 Å². The molecule has 0 N–H and O–H groups in total. The average molecular weight is 383 g/mol. The number of hydrogen-bond donors (Lipinski definition) is 0. The van der Waals surface area contributed by atoms with Gasteiger partial charge in [-0.25, -0.2) is 0 Å². The van der Waals surface area contributed by atoms with E-state index in [0.29, 0.717) is 13.0 Å². The molecule has 142 valence electrons. The van der Waals surface area contributed by atoms with Crippen molar-refractivity contribution < 1.29 is 9.53 Å². The Bertz CT molecular complexity index is 984. The molecule has 0 spiro atoms. The highest BCUT2D eigenvalue weighted by molar-refractivity contribution is 7.16. The summed E-state index contributed by atoms with van der Waals surface area (Å²) in [7, 11) is 1.97. The fourth-order valence-corrected chi connectivity index (χ4v) is 4.11. The highest BCUT2D eigenvalue weighted by atomic mass is 32.1. The van der Waals surface area contributed by atoms with Gasteiger partial charge in [-0.3, -0.25) is 4.79 Å². The van der Waals surface area contributed by atoms with Gasteiger partial charge < -0.3 is 9.30 Å². The van der Waals surface area contributed by atoms with Crippen molar-refractivity contribution in [1.29, 1.82) is 0 Å². The number of nitrogens with zero attached hydrogens (tertiary/aromatic N) is 2. The maximum Gasteiger partial charge on any atom is 0.252 e. The van der Waals surface area contributed by atoms with Crippen molar-refractivity contribution in [3.05, 3.63) is 58.4 Å². The SMILES string of the molecule is CCCCc1ccc2c(c1)sc(=NC(=O)Cc1ccc(OCC)cc1)n2C. The summed E-state index contributed by atoms with van der Waals surface area (Å²) in [5.41, 5.74) is 3.41. The molecule has 0 atom stereocenters. The Morgan fingerprint density at radius 2 is 1.85 bits per heavy atom. The number of thiazole rings is 1. The van der Waals surface area contributed by atoms with Crippen molar-refractivity contribution in [2.45, 2.75) is 39.5 Å². The molecule has 0 radical (unpaired) electrons. The van der Waals surface area contributed by atoms with Gasteiger partial charge in [-0.2, -0.15) is 4.99 Å². The molecule has 0 bridgehead atoms. The summed E-state index contributed by atoms with van der Waals surface area (Å²) in [5.74, 6) is 0.688. The number of carbonyl (C=O) groups excluding carboxylic acids is 1. The third-order valence-electron chi connectivity index (χ3n) is 4.50. The monoisotopic (exact) mass is 382 g/mol. The van der Waals surface area contributed by atoms with Crippen LogP contribution in [0.4, 0.5) is 0 Å². The van der Waals surface area contributed by atoms with Gasteiger partial charge in [0.2, 0.25) is 0 Å². The van der Waals surface area contributed by atoms with Crippen molar-refractivity contribution >= 4 is 27.5 Å². The highest BCUT2D eigenvalue weighted by Gasteiger charge is 2.07. The van der Waals surface area contributed by atoms with E-state index in [0.717, 1.165) is 28.1 Å². The molecule has 0 fully saturated rings. The summed E-state index contributed by atoms with van der Waals surface area (Å²) in [5, 5.41) is 0. The largest absolute Gasteiger partial charge is 0.494 e. The first-order valence-electron chi connectivity index (χ1n) is 9.48. The molecular formula is C22H26N2O2S. The van der Waals surface area contributed by atoms with E-state index < -0.39 is 0 Å². The number of unbranched alkanes of at least 4 members (excludes halogenated alkanes) is 1. The van der Waals surface area contributed by atoms with E-state index >= 15 is 0 Å². The third-order valence-corrected chi connectivity index (χ3v) is 5.60. The molecule has 3 rings (SSSR count). The first-order chi connectivity index (χ1) is 13.1. The van der Waals surface area contributed by atoms with E-state index in [1.54, 1.807) is 11.3 Å². The maximum atomic E-state index is 12.4. The highest BCUT2D eigenvalue weighted by Crippen LogP contribution is 2.20. The molecule has 0 saturated heterocycles. The molecule has 3 aromatic rings. The molecule has 27 heavy (non-hydrogen) atoms. The van der Waals surface area contributed by atoms with Gasteiger partial charge in [-0.1, -0.05) is 42.9 Å². The Kier molecular flexibility index (Phi) is 6.45. The lowest BCUT2D eigenvalue weighted by molar-refractivity contribution is -0.117. The van der Waals surface area contributed by atoms with E-state index in [-0.39, 0.29) is 5.91 Å². The minimum atomic E-state index is -0.132. The van der Waals surface area contributed by atoms with Crippen LogP contribution >= 0.6 is 11.3 Å². The molecule has 0 aliphatic rings. The zero-order valence-corrected chi connectivity index (χ0v) is 17.0. The van der Waals surface area contributed by atoms with Crippen molar-refractivity contribution in [1.82, 2.24) is 4.57 Å². The van der Waals surface area contributed by atoms with Gasteiger partial charge in [0.05, 0.1) is 23.2 Å². The Balaban J connectivity index is 1.79. The van der Waals surface area contributed by atoms with Gasteiger partial charge in [0.25, 0.3) is 5.91 Å². The smallest absolute Gasteiger partial charge is 0.252 e. The van der Waals surface area contributed by atoms with Gasteiger partial charge in [0, 0.05) is 7.05 Å². The molecule has 1 aromatic heterocycles. The summed E-state index contributed by atoms with van der Waals surface area (Å²) >= 11 is 1.57. The number of ether oxygens (including phenoxy) is 1. The second kappa shape index (κ2) is 9.00. The van der Waals surface area contributed by atoms with E-state index in [1.807, 2.05) is 42.8 Å². The van der Waals surface area contributed by atoms with Crippen molar-refractivity contribution in [3.63, 3.8) is 0 Å². The summed E-state index contributed by atoms with van der Waals surface area (Å²) in [6.45, 7) is 4.79. The first-order valence-corrected chi connectivity index (χ1v) is 10.3. The Labute approximate surface area is 164 Å². The minimum Gasteiger partial charge on any atom is -0.494 e. The molecule has 1 heterocycles. The summed E-state index contributed by atoms with van der Waals surface area (Å²) < 4.78 is 8.61. The van der Waals surface area contributed by atoms with Gasteiger partial charge in [0.1, 0.15) is 5.75 Å². The number of rotatable bonds is 7. The van der Waals surface area contributed by atoms with E-state index in [2.05, 4.69) is 30.1 Å². The summed E-state index contributed by atoms with van der Waals surface area (Å²) in [6.07, 6.45) is 3.78. The number of amides is 1.